The molecule has 0 fully saturated rings. The molecule has 0 radical (unpaired) electrons. The number of halogens is 1. The predicted molar refractivity (Wildman–Crippen MR) is 110 cm³/mol. The first-order valence-electron chi connectivity index (χ1n) is 9.20. The van der Waals surface area contributed by atoms with E-state index in [-0.39, 0.29) is 17.1 Å². The topological polar surface area (TPSA) is 84.8 Å². The number of aliphatic imine (C=N–C) groups is 1. The molecule has 30 heavy (non-hydrogen) atoms. The molecule has 7 nitrogen and oxygen atoms in total. The first-order chi connectivity index (χ1) is 14.5. The summed E-state index contributed by atoms with van der Waals surface area (Å²) in [5, 5.41) is 2.62. The maximum atomic E-state index is 14.8. The number of hydrogen-bond donors (Lipinski definition) is 2. The molecule has 0 bridgehead atoms. The van der Waals surface area contributed by atoms with Gasteiger partial charge in [-0.3, -0.25) is 9.78 Å². The molecule has 1 amide bonds. The van der Waals surface area contributed by atoms with Gasteiger partial charge in [0.05, 0.1) is 18.2 Å². The monoisotopic (exact) mass is 406 g/mol. The number of ether oxygens (including phenoxy) is 1. The number of aromatic nitrogens is 1. The molecule has 0 spiro atoms. The van der Waals surface area contributed by atoms with Crippen molar-refractivity contribution in [3.63, 3.8) is 0 Å². The minimum Gasteiger partial charge on any atom is -0.496 e. The van der Waals surface area contributed by atoms with Gasteiger partial charge in [-0.15, -0.1) is 0 Å². The Hall–Kier alpha value is -3.78. The molecular weight excluding hydrogens is 387 g/mol. The Labute approximate surface area is 172 Å². The zero-order valence-corrected chi connectivity index (χ0v) is 16.3. The van der Waals surface area contributed by atoms with Gasteiger partial charge in [0.15, 0.2) is 5.84 Å². The van der Waals surface area contributed by atoms with E-state index in [0.717, 1.165) is 0 Å². The van der Waals surface area contributed by atoms with Crippen LogP contribution < -0.4 is 15.5 Å². The molecule has 0 aliphatic carbocycles. The number of nitrogens with one attached hydrogen (secondary N) is 2. The molecule has 1 aliphatic rings. The van der Waals surface area contributed by atoms with Gasteiger partial charge in [-0.2, -0.15) is 0 Å². The summed E-state index contributed by atoms with van der Waals surface area (Å²) in [4.78, 5) is 26.4. The van der Waals surface area contributed by atoms with E-state index in [0.29, 0.717) is 17.0 Å². The van der Waals surface area contributed by atoms with Gasteiger partial charge < -0.3 is 10.1 Å². The first kappa shape index (κ1) is 19.5. The molecule has 1 aromatic heterocycles. The van der Waals surface area contributed by atoms with Crippen molar-refractivity contribution in [3.05, 3.63) is 89.5 Å². The number of pyridine rings is 1. The number of amidine groups is 1. The van der Waals surface area contributed by atoms with Crippen molar-refractivity contribution >= 4 is 17.4 Å². The number of amides is 1. The molecule has 152 valence electrons. The van der Waals surface area contributed by atoms with Gasteiger partial charge in [0.2, 0.25) is 5.72 Å². The second-order valence-corrected chi connectivity index (χ2v) is 6.71. The van der Waals surface area contributed by atoms with E-state index in [1.165, 1.54) is 18.3 Å². The van der Waals surface area contributed by atoms with E-state index in [1.54, 1.807) is 44.4 Å². The number of carbonyl (C=O) groups is 1. The van der Waals surface area contributed by atoms with Crippen molar-refractivity contribution < 1.29 is 18.8 Å². The maximum absolute atomic E-state index is 14.8. The van der Waals surface area contributed by atoms with Gasteiger partial charge in [-0.1, -0.05) is 24.3 Å². The van der Waals surface area contributed by atoms with Gasteiger partial charge in [0.25, 0.3) is 5.91 Å². The summed E-state index contributed by atoms with van der Waals surface area (Å²) in [6, 6.07) is 16.6. The third kappa shape index (κ3) is 3.72. The Kier molecular flexibility index (Phi) is 5.16. The van der Waals surface area contributed by atoms with Crippen LogP contribution in [0.5, 0.6) is 5.75 Å². The molecule has 3 aromatic rings. The van der Waals surface area contributed by atoms with Gasteiger partial charge in [-0.25, -0.2) is 19.7 Å². The molecule has 0 saturated carbocycles. The lowest BCUT2D eigenvalue weighted by Gasteiger charge is -2.21. The fourth-order valence-electron chi connectivity index (χ4n) is 3.14. The van der Waals surface area contributed by atoms with Crippen LogP contribution in [0.1, 0.15) is 28.5 Å². The van der Waals surface area contributed by atoms with Crippen LogP contribution in [-0.2, 0) is 10.6 Å². The van der Waals surface area contributed by atoms with Crippen molar-refractivity contribution in [2.24, 2.45) is 4.99 Å². The van der Waals surface area contributed by atoms with Gasteiger partial charge in [-0.05, 0) is 43.3 Å². The molecule has 1 aliphatic heterocycles. The lowest BCUT2D eigenvalue weighted by molar-refractivity contribution is -0.0465. The maximum Gasteiger partial charge on any atom is 0.274 e. The van der Waals surface area contributed by atoms with Crippen molar-refractivity contribution in [1.82, 2.24) is 10.5 Å². The lowest BCUT2D eigenvalue weighted by Crippen LogP contribution is -2.25. The molecule has 8 heteroatoms. The highest BCUT2D eigenvalue weighted by Gasteiger charge is 2.37. The average Bonchev–Trinajstić information content (AvgIpc) is 3.17. The predicted octanol–water partition coefficient (Wildman–Crippen LogP) is 3.64. The zero-order chi connectivity index (χ0) is 21.1. The summed E-state index contributed by atoms with van der Waals surface area (Å²) in [5.74, 6) is -0.137. The Morgan fingerprint density at radius 1 is 1.17 bits per heavy atom. The number of anilines is 1. The smallest absolute Gasteiger partial charge is 0.274 e. The van der Waals surface area contributed by atoms with Crippen LogP contribution in [0.4, 0.5) is 10.1 Å². The average molecular weight is 406 g/mol. The van der Waals surface area contributed by atoms with Crippen LogP contribution in [0.2, 0.25) is 0 Å². The van der Waals surface area contributed by atoms with Crippen LogP contribution in [-0.4, -0.2) is 23.8 Å². The Morgan fingerprint density at radius 2 is 1.97 bits per heavy atom. The number of carbonyl (C=O) groups excluding carboxylic acids is 1. The molecule has 2 N–H and O–H groups in total. The van der Waals surface area contributed by atoms with E-state index < -0.39 is 17.4 Å². The number of hydroxylamine groups is 1. The summed E-state index contributed by atoms with van der Waals surface area (Å²) >= 11 is 0. The van der Waals surface area contributed by atoms with Gasteiger partial charge in [0, 0.05) is 11.9 Å². The second kappa shape index (κ2) is 7.92. The number of methoxy groups -OCH3 is 1. The number of rotatable bonds is 5. The van der Waals surface area contributed by atoms with E-state index in [9.17, 15) is 9.18 Å². The molecule has 2 heterocycles. The third-order valence-corrected chi connectivity index (χ3v) is 4.66. The number of nitrogens with zero attached hydrogens (tertiary/aromatic N) is 2. The fraction of sp³-hybridized carbons (Fsp3) is 0.136. The Bertz CT molecular complexity index is 1120. The Balaban J connectivity index is 1.58. The van der Waals surface area contributed by atoms with E-state index in [2.05, 4.69) is 20.8 Å². The van der Waals surface area contributed by atoms with Crippen LogP contribution in [0.25, 0.3) is 0 Å². The van der Waals surface area contributed by atoms with Crippen LogP contribution >= 0.6 is 0 Å². The lowest BCUT2D eigenvalue weighted by atomic mass is 10.0. The van der Waals surface area contributed by atoms with Crippen molar-refractivity contribution in [2.45, 2.75) is 12.6 Å². The molecule has 0 saturated heterocycles. The SMILES string of the molecule is COc1ccccc1C1(C)N=C(c2ccc(NC(=O)c3ccccn3)cc2F)NO1. The number of benzene rings is 2. The van der Waals surface area contributed by atoms with Gasteiger partial charge >= 0.3 is 0 Å². The number of hydrogen-bond acceptors (Lipinski definition) is 6. The summed E-state index contributed by atoms with van der Waals surface area (Å²) < 4.78 is 20.2. The van der Waals surface area contributed by atoms with Gasteiger partial charge in [0.1, 0.15) is 17.3 Å². The molecule has 4 rings (SSSR count). The summed E-state index contributed by atoms with van der Waals surface area (Å²) in [6.07, 6.45) is 1.52. The first-order valence-corrected chi connectivity index (χ1v) is 9.20. The highest BCUT2D eigenvalue weighted by Crippen LogP contribution is 2.36. The highest BCUT2D eigenvalue weighted by atomic mass is 19.1. The summed E-state index contributed by atoms with van der Waals surface area (Å²) in [5.41, 5.74) is 3.08. The van der Waals surface area contributed by atoms with Crippen molar-refractivity contribution in [3.8, 4) is 5.75 Å². The minimum atomic E-state index is -1.08. The van der Waals surface area contributed by atoms with Crippen molar-refractivity contribution in [2.75, 3.05) is 12.4 Å². The van der Waals surface area contributed by atoms with Crippen molar-refractivity contribution in [1.29, 1.82) is 0 Å². The molecule has 2 aromatic carbocycles. The molecular formula is C22H19FN4O3. The third-order valence-electron chi connectivity index (χ3n) is 4.66. The Morgan fingerprint density at radius 3 is 2.70 bits per heavy atom. The van der Waals surface area contributed by atoms with Crippen LogP contribution in [0.15, 0.2) is 71.9 Å². The van der Waals surface area contributed by atoms with E-state index in [4.69, 9.17) is 9.57 Å². The summed E-state index contributed by atoms with van der Waals surface area (Å²) in [6.45, 7) is 1.75. The minimum absolute atomic E-state index is 0.212. The summed E-state index contributed by atoms with van der Waals surface area (Å²) in [7, 11) is 1.56. The standard InChI is InChI=1S/C22H19FN4O3/c1-22(16-7-3-4-9-19(16)29-2)26-20(27-30-22)15-11-10-14(13-17(15)23)25-21(28)18-8-5-6-12-24-18/h3-13H,1-2H3,(H,25,28)(H,26,27). The van der Waals surface area contributed by atoms with E-state index in [1.807, 2.05) is 18.2 Å². The normalized spacial score (nSPS) is 17.8. The largest absolute Gasteiger partial charge is 0.496 e. The molecule has 1 atom stereocenters. The highest BCUT2D eigenvalue weighted by molar-refractivity contribution is 6.03. The zero-order valence-electron chi connectivity index (χ0n) is 16.3. The quantitative estimate of drug-likeness (QED) is 0.676. The van der Waals surface area contributed by atoms with Crippen LogP contribution in [0, 0.1) is 5.82 Å². The number of para-hydroxylation sites is 1. The molecule has 1 unspecified atom stereocenters. The second-order valence-electron chi connectivity index (χ2n) is 6.71. The van der Waals surface area contributed by atoms with Crippen LogP contribution in [0.3, 0.4) is 0 Å². The van der Waals surface area contributed by atoms with E-state index >= 15 is 0 Å². The fourth-order valence-corrected chi connectivity index (χ4v) is 3.14.